The van der Waals surface area contributed by atoms with E-state index in [1.54, 1.807) is 18.3 Å². The Bertz CT molecular complexity index is 170. The number of pyridine rings is 1. The third-order valence-electron chi connectivity index (χ3n) is 0.784. The third kappa shape index (κ3) is 1.07. The first-order valence-corrected chi connectivity index (χ1v) is 2.72. The predicted molar refractivity (Wildman–Crippen MR) is 34.0 cm³/mol. The molecule has 0 aliphatic rings. The summed E-state index contributed by atoms with van der Waals surface area (Å²) in [6.45, 7) is 0. The van der Waals surface area contributed by atoms with Gasteiger partial charge in [-0.2, -0.15) is 0 Å². The zero-order chi connectivity index (χ0) is 5.98. The number of aromatic nitrogens is 1. The molecule has 1 heterocycles. The number of hydrogen-bond acceptors (Lipinski definition) is 2. The molecule has 0 spiro atoms. The lowest BCUT2D eigenvalue weighted by Gasteiger charge is -1.90. The Hall–Kier alpha value is -0.833. The topological polar surface area (TPSA) is 38.9 Å². The Balaban J connectivity index is 3.08. The number of hydrogen-bond donors (Lipinski definition) is 1. The summed E-state index contributed by atoms with van der Waals surface area (Å²) in [5, 5.41) is 0.769. The van der Waals surface area contributed by atoms with Crippen LogP contribution < -0.4 is 11.1 Å². The van der Waals surface area contributed by atoms with Gasteiger partial charge < -0.3 is 5.73 Å². The summed E-state index contributed by atoms with van der Waals surface area (Å²) in [4.78, 5) is 3.87. The van der Waals surface area contributed by atoms with Crippen molar-refractivity contribution >= 4 is 21.2 Å². The van der Waals surface area contributed by atoms with Crippen LogP contribution in [0.1, 0.15) is 0 Å². The molecular formula is C5H5N2Si. The van der Waals surface area contributed by atoms with Gasteiger partial charge in [-0.25, -0.2) is 0 Å². The molecule has 1 aromatic rings. The number of nitrogens with zero attached hydrogens (tertiary/aromatic N) is 1. The lowest BCUT2D eigenvalue weighted by atomic mass is 10.4. The van der Waals surface area contributed by atoms with E-state index in [1.807, 2.05) is 0 Å². The van der Waals surface area contributed by atoms with Crippen molar-refractivity contribution in [1.82, 2.24) is 4.98 Å². The molecule has 2 N–H and O–H groups in total. The van der Waals surface area contributed by atoms with Crippen LogP contribution in [0.5, 0.6) is 0 Å². The SMILES string of the molecule is Nc1ccnc([Si])c1. The summed E-state index contributed by atoms with van der Waals surface area (Å²) in [5.74, 6) is 0. The second kappa shape index (κ2) is 1.96. The molecule has 3 heteroatoms. The molecule has 0 aromatic carbocycles. The number of anilines is 1. The Labute approximate surface area is 51.2 Å². The molecule has 0 fully saturated rings. The highest BCUT2D eigenvalue weighted by Gasteiger charge is 1.82. The maximum Gasteiger partial charge on any atom is 0.0995 e. The highest BCUT2D eigenvalue weighted by atomic mass is 28.1. The molecule has 0 saturated carbocycles. The van der Waals surface area contributed by atoms with E-state index in [4.69, 9.17) is 5.73 Å². The van der Waals surface area contributed by atoms with Gasteiger partial charge in [0.1, 0.15) is 0 Å². The summed E-state index contributed by atoms with van der Waals surface area (Å²) in [5.41, 5.74) is 6.11. The van der Waals surface area contributed by atoms with Crippen LogP contribution in [0, 0.1) is 0 Å². The lowest BCUT2D eigenvalue weighted by Crippen LogP contribution is -2.07. The van der Waals surface area contributed by atoms with Gasteiger partial charge in [-0.05, 0) is 12.1 Å². The number of nitrogens with two attached hydrogens (primary N) is 1. The molecule has 3 radical (unpaired) electrons. The van der Waals surface area contributed by atoms with Gasteiger partial charge >= 0.3 is 0 Å². The Kier molecular flexibility index (Phi) is 1.30. The lowest BCUT2D eigenvalue weighted by molar-refractivity contribution is 1.39. The molecule has 1 aromatic heterocycles. The highest BCUT2D eigenvalue weighted by molar-refractivity contribution is 6.30. The van der Waals surface area contributed by atoms with Crippen LogP contribution >= 0.6 is 0 Å². The zero-order valence-electron chi connectivity index (χ0n) is 4.26. The van der Waals surface area contributed by atoms with Crippen LogP contribution in [0.2, 0.25) is 0 Å². The molecule has 39 valence electrons. The normalized spacial score (nSPS) is 9.12. The van der Waals surface area contributed by atoms with Crippen LogP contribution in [0.3, 0.4) is 0 Å². The first-order valence-electron chi connectivity index (χ1n) is 2.22. The summed E-state index contributed by atoms with van der Waals surface area (Å²) < 4.78 is 0. The van der Waals surface area contributed by atoms with E-state index >= 15 is 0 Å². The molecule has 0 amide bonds. The monoisotopic (exact) mass is 121 g/mol. The van der Waals surface area contributed by atoms with E-state index in [0.717, 1.165) is 11.0 Å². The van der Waals surface area contributed by atoms with Gasteiger partial charge in [0.05, 0.1) is 10.2 Å². The van der Waals surface area contributed by atoms with E-state index in [-0.39, 0.29) is 0 Å². The fourth-order valence-corrected chi connectivity index (χ4v) is 0.688. The quantitative estimate of drug-likeness (QED) is 0.468. The molecule has 0 aliphatic carbocycles. The Morgan fingerprint density at radius 1 is 1.62 bits per heavy atom. The minimum Gasteiger partial charge on any atom is -0.399 e. The maximum absolute atomic E-state index is 5.39. The standard InChI is InChI=1S/C5H5N2Si/c6-4-1-2-7-5(8)3-4/h1-3H,(H2,6,7). The first-order chi connectivity index (χ1) is 3.79. The molecule has 2 nitrogen and oxygen atoms in total. The molecule has 0 bridgehead atoms. The second-order valence-electron chi connectivity index (χ2n) is 1.47. The third-order valence-corrected chi connectivity index (χ3v) is 1.06. The average molecular weight is 121 g/mol. The molecule has 8 heavy (non-hydrogen) atoms. The van der Waals surface area contributed by atoms with Crippen LogP contribution in [0.4, 0.5) is 5.69 Å². The van der Waals surface area contributed by atoms with E-state index < -0.39 is 0 Å². The number of nitrogen functional groups attached to an aromatic ring is 1. The second-order valence-corrected chi connectivity index (χ2v) is 1.99. The van der Waals surface area contributed by atoms with Gasteiger partial charge in [0.15, 0.2) is 0 Å². The molecule has 0 unspecified atom stereocenters. The van der Waals surface area contributed by atoms with Crippen molar-refractivity contribution in [2.45, 2.75) is 0 Å². The molecule has 0 saturated heterocycles. The van der Waals surface area contributed by atoms with E-state index in [9.17, 15) is 0 Å². The van der Waals surface area contributed by atoms with Crippen molar-refractivity contribution in [2.75, 3.05) is 5.73 Å². The van der Waals surface area contributed by atoms with Crippen molar-refractivity contribution in [3.05, 3.63) is 18.3 Å². The molecule has 1 rings (SSSR count). The summed E-state index contributed by atoms with van der Waals surface area (Å²) >= 11 is 0. The van der Waals surface area contributed by atoms with Gasteiger partial charge in [0.2, 0.25) is 0 Å². The first kappa shape index (κ1) is 5.31. The predicted octanol–water partition coefficient (Wildman–Crippen LogP) is -0.542. The van der Waals surface area contributed by atoms with Crippen molar-refractivity contribution in [3.63, 3.8) is 0 Å². The van der Waals surface area contributed by atoms with Gasteiger partial charge in [-0.3, -0.25) is 4.98 Å². The van der Waals surface area contributed by atoms with E-state index in [0.29, 0.717) is 0 Å². The Morgan fingerprint density at radius 3 is 2.75 bits per heavy atom. The molecular weight excluding hydrogens is 116 g/mol. The van der Waals surface area contributed by atoms with Crippen molar-refractivity contribution < 1.29 is 0 Å². The highest BCUT2D eigenvalue weighted by Crippen LogP contribution is 1.90. The van der Waals surface area contributed by atoms with Gasteiger partial charge in [-0.1, -0.05) is 0 Å². The van der Waals surface area contributed by atoms with Crippen LogP contribution in [-0.4, -0.2) is 15.2 Å². The minimum absolute atomic E-state index is 0.727. The van der Waals surface area contributed by atoms with E-state index in [1.165, 1.54) is 0 Å². The maximum atomic E-state index is 5.39. The van der Waals surface area contributed by atoms with Gasteiger partial charge in [0.25, 0.3) is 0 Å². The van der Waals surface area contributed by atoms with Crippen LogP contribution in [-0.2, 0) is 0 Å². The van der Waals surface area contributed by atoms with Crippen molar-refractivity contribution in [1.29, 1.82) is 0 Å². The minimum atomic E-state index is 0.727. The van der Waals surface area contributed by atoms with Gasteiger partial charge in [0, 0.05) is 17.2 Å². The smallest absolute Gasteiger partial charge is 0.0995 e. The fourth-order valence-electron chi connectivity index (χ4n) is 0.447. The molecule has 0 aliphatic heterocycles. The molecule has 0 atom stereocenters. The van der Waals surface area contributed by atoms with Crippen molar-refractivity contribution in [2.24, 2.45) is 0 Å². The van der Waals surface area contributed by atoms with Crippen molar-refractivity contribution in [3.8, 4) is 0 Å². The summed E-state index contributed by atoms with van der Waals surface area (Å²) in [6, 6.07) is 3.49. The zero-order valence-corrected chi connectivity index (χ0v) is 5.26. The number of rotatable bonds is 0. The average Bonchev–Trinajstić information content (AvgIpc) is 1.64. The summed E-state index contributed by atoms with van der Waals surface area (Å²) in [6.07, 6.45) is 1.65. The van der Waals surface area contributed by atoms with E-state index in [2.05, 4.69) is 15.2 Å². The summed E-state index contributed by atoms with van der Waals surface area (Å²) in [7, 11) is 3.22. The van der Waals surface area contributed by atoms with Crippen LogP contribution in [0.15, 0.2) is 18.3 Å². The Morgan fingerprint density at radius 2 is 2.38 bits per heavy atom. The largest absolute Gasteiger partial charge is 0.399 e. The fraction of sp³-hybridized carbons (Fsp3) is 0. The van der Waals surface area contributed by atoms with Gasteiger partial charge in [-0.15, -0.1) is 0 Å². The van der Waals surface area contributed by atoms with Crippen LogP contribution in [0.25, 0.3) is 0 Å².